The number of benzene rings is 2. The average Bonchev–Trinajstić information content (AvgIpc) is 4.20. The lowest BCUT2D eigenvalue weighted by atomic mass is 10.2. The van der Waals surface area contributed by atoms with E-state index in [-0.39, 0.29) is 34.7 Å². The maximum atomic E-state index is 13.1. The van der Waals surface area contributed by atoms with Crippen LogP contribution in [0.2, 0.25) is 0 Å². The van der Waals surface area contributed by atoms with Gasteiger partial charge >= 0.3 is 0 Å². The molecule has 26 heteroatoms. The molecule has 0 aliphatic rings. The Bertz CT molecular complexity index is 3110. The minimum Gasteiger partial charge on any atom is -0.494 e. The first kappa shape index (κ1) is 51.9. The van der Waals surface area contributed by atoms with E-state index in [4.69, 9.17) is 37.5 Å². The number of rotatable bonds is 20. The summed E-state index contributed by atoms with van der Waals surface area (Å²) in [5.41, 5.74) is 1.82. The Labute approximate surface area is 412 Å². The lowest BCUT2D eigenvalue weighted by molar-refractivity contribution is 0.189. The van der Waals surface area contributed by atoms with Crippen molar-refractivity contribution < 1.29 is 64.5 Å². The van der Waals surface area contributed by atoms with Crippen molar-refractivity contribution in [3.63, 3.8) is 0 Å². The second kappa shape index (κ2) is 22.4. The van der Waals surface area contributed by atoms with E-state index in [1.54, 1.807) is 86.6 Å². The van der Waals surface area contributed by atoms with Crippen molar-refractivity contribution in [2.24, 2.45) is 0 Å². The van der Waals surface area contributed by atoms with Gasteiger partial charge in [-0.15, -0.1) is 20.4 Å². The zero-order valence-corrected chi connectivity index (χ0v) is 41.8. The van der Waals surface area contributed by atoms with Crippen LogP contribution in [0.5, 0.6) is 34.8 Å². The molecule has 72 heavy (non-hydrogen) atoms. The highest BCUT2D eigenvalue weighted by molar-refractivity contribution is 7.90. The van der Waals surface area contributed by atoms with Gasteiger partial charge in [0, 0.05) is 24.3 Å². The van der Waals surface area contributed by atoms with Crippen LogP contribution in [0.15, 0.2) is 94.0 Å². The summed E-state index contributed by atoms with van der Waals surface area (Å²) in [7, 11) is 1.10. The summed E-state index contributed by atoms with van der Waals surface area (Å²) >= 11 is 0. The molecular formula is C46H50N10O14S2. The fraction of sp³-hybridized carbons (Fsp3) is 0.304. The normalized spacial score (nSPS) is 12.4. The molecule has 8 rings (SSSR count). The van der Waals surface area contributed by atoms with E-state index in [0.29, 0.717) is 69.0 Å². The van der Waals surface area contributed by atoms with Gasteiger partial charge in [0.25, 0.3) is 0 Å². The third-order valence-electron chi connectivity index (χ3n) is 10.5. The summed E-state index contributed by atoms with van der Waals surface area (Å²) in [4.78, 5) is 8.85. The topological polar surface area (TPSA) is 303 Å². The van der Waals surface area contributed by atoms with Crippen molar-refractivity contribution in [1.29, 1.82) is 0 Å². The predicted octanol–water partition coefficient (Wildman–Crippen LogP) is 4.60. The van der Waals surface area contributed by atoms with Gasteiger partial charge in [-0.3, -0.25) is 9.13 Å². The Kier molecular flexibility index (Phi) is 16.2. The van der Waals surface area contributed by atoms with Gasteiger partial charge in [-0.25, -0.2) is 26.8 Å². The summed E-state index contributed by atoms with van der Waals surface area (Å²) < 4.78 is 98.1. The standard InChI is InChI=1S/2C23H25N5O7S/c2*1-14-11-16(27-35-14)17(29)12-36(30,31)13-20-25-26-23(15-7-5-10-21(24-15)34-4)28(20)22-18(32-2)8-6-9-19(22)33-3/h2*5-11,17,29H,12-13H2,1-4H3/t2*17-/m10/s1. The van der Waals surface area contributed by atoms with Gasteiger partial charge in [-0.05, 0) is 50.2 Å². The minimum absolute atomic E-state index is 0.0703. The van der Waals surface area contributed by atoms with Crippen LogP contribution in [0.3, 0.4) is 0 Å². The number of nitrogens with zero attached hydrogens (tertiary/aromatic N) is 10. The highest BCUT2D eigenvalue weighted by Gasteiger charge is 2.31. The van der Waals surface area contributed by atoms with Crippen LogP contribution in [0, 0.1) is 13.8 Å². The quantitative estimate of drug-likeness (QED) is 0.105. The molecule has 380 valence electrons. The maximum absolute atomic E-state index is 13.1. The molecule has 0 aliphatic carbocycles. The Morgan fingerprint density at radius 1 is 0.514 bits per heavy atom. The first-order valence-corrected chi connectivity index (χ1v) is 25.1. The summed E-state index contributed by atoms with van der Waals surface area (Å²) in [5.74, 6) is 1.55. The summed E-state index contributed by atoms with van der Waals surface area (Å²) in [6, 6.07) is 23.4. The van der Waals surface area contributed by atoms with E-state index in [1.807, 2.05) is 0 Å². The van der Waals surface area contributed by atoms with Crippen LogP contribution in [0.25, 0.3) is 34.4 Å². The predicted molar refractivity (Wildman–Crippen MR) is 256 cm³/mol. The zero-order chi connectivity index (χ0) is 51.7. The molecule has 8 aromatic rings. The monoisotopic (exact) mass is 1030 g/mol. The minimum atomic E-state index is -3.91. The Balaban J connectivity index is 0.000000211. The second-order valence-electron chi connectivity index (χ2n) is 15.6. The largest absolute Gasteiger partial charge is 0.494 e. The van der Waals surface area contributed by atoms with E-state index < -0.39 is 54.9 Å². The lowest BCUT2D eigenvalue weighted by Crippen LogP contribution is -2.19. The first-order chi connectivity index (χ1) is 34.5. The molecule has 2 aromatic carbocycles. The van der Waals surface area contributed by atoms with Gasteiger partial charge in [-0.2, -0.15) is 0 Å². The van der Waals surface area contributed by atoms with Crippen molar-refractivity contribution in [2.75, 3.05) is 54.2 Å². The Hall–Kier alpha value is -7.94. The van der Waals surface area contributed by atoms with Gasteiger partial charge in [0.05, 0.1) is 54.2 Å². The number of aliphatic hydroxyl groups excluding tert-OH is 2. The molecule has 0 fully saturated rings. The summed E-state index contributed by atoms with van der Waals surface area (Å²) in [5, 5.41) is 45.1. The highest BCUT2D eigenvalue weighted by atomic mass is 32.2. The maximum Gasteiger partial charge on any atom is 0.213 e. The van der Waals surface area contributed by atoms with Gasteiger partial charge in [0.1, 0.15) is 92.4 Å². The molecule has 24 nitrogen and oxygen atoms in total. The van der Waals surface area contributed by atoms with E-state index in [1.165, 1.54) is 63.9 Å². The van der Waals surface area contributed by atoms with Crippen molar-refractivity contribution in [3.8, 4) is 69.2 Å². The third-order valence-corrected chi connectivity index (χ3v) is 13.6. The highest BCUT2D eigenvalue weighted by Crippen LogP contribution is 2.38. The Morgan fingerprint density at radius 3 is 1.17 bits per heavy atom. The number of aromatic nitrogens is 10. The molecule has 2 N–H and O–H groups in total. The molecule has 0 amide bonds. The SMILES string of the molecule is COc1cccc(-c2nnc(CS(=O)(=O)C[C@@H](O)c3cc(C)on3)n2-c2c(OC)cccc2OC)n1.COc1cccc(-c2nnc(CS(=O)(=O)C[C@H](O)c3cc(C)on3)n2-c2c(OC)cccc2OC)n1. The van der Waals surface area contributed by atoms with Crippen LogP contribution in [0.1, 0.15) is 46.8 Å². The number of aryl methyl sites for hydroxylation is 2. The van der Waals surface area contributed by atoms with E-state index >= 15 is 0 Å². The number of sulfone groups is 2. The number of pyridine rings is 2. The molecule has 0 unspecified atom stereocenters. The van der Waals surface area contributed by atoms with Crippen molar-refractivity contribution in [1.82, 2.24) is 49.8 Å². The first-order valence-electron chi connectivity index (χ1n) is 21.5. The van der Waals surface area contributed by atoms with Crippen LogP contribution in [0.4, 0.5) is 0 Å². The molecule has 6 heterocycles. The molecule has 0 aliphatic heterocycles. The summed E-state index contributed by atoms with van der Waals surface area (Å²) in [6.07, 6.45) is -2.74. The molecule has 0 saturated carbocycles. The number of aliphatic hydroxyl groups is 2. The fourth-order valence-corrected chi connectivity index (χ4v) is 9.98. The molecule has 0 saturated heterocycles. The Morgan fingerprint density at radius 2 is 0.861 bits per heavy atom. The van der Waals surface area contributed by atoms with Gasteiger partial charge in [-0.1, -0.05) is 34.6 Å². The number of para-hydroxylation sites is 2. The molecule has 2 atom stereocenters. The van der Waals surface area contributed by atoms with Crippen molar-refractivity contribution in [3.05, 3.63) is 119 Å². The van der Waals surface area contributed by atoms with E-state index in [9.17, 15) is 27.0 Å². The molecular weight excluding hydrogens is 981 g/mol. The fourth-order valence-electron chi connectivity index (χ4n) is 7.28. The van der Waals surface area contributed by atoms with Crippen LogP contribution < -0.4 is 28.4 Å². The molecule has 0 bridgehead atoms. The zero-order valence-electron chi connectivity index (χ0n) is 40.1. The number of hydrogen-bond acceptors (Lipinski definition) is 22. The molecule has 0 spiro atoms. The van der Waals surface area contributed by atoms with Crippen LogP contribution >= 0.6 is 0 Å². The van der Waals surface area contributed by atoms with E-state index in [2.05, 4.69) is 40.7 Å². The number of methoxy groups -OCH3 is 6. The lowest BCUT2D eigenvalue weighted by Gasteiger charge is -2.17. The number of ether oxygens (including phenoxy) is 6. The van der Waals surface area contributed by atoms with E-state index in [0.717, 1.165) is 0 Å². The average molecular weight is 1030 g/mol. The summed E-state index contributed by atoms with van der Waals surface area (Å²) in [6.45, 7) is 3.30. The second-order valence-corrected chi connectivity index (χ2v) is 19.8. The van der Waals surface area contributed by atoms with Crippen molar-refractivity contribution in [2.45, 2.75) is 37.6 Å². The molecule has 6 aromatic heterocycles. The smallest absolute Gasteiger partial charge is 0.213 e. The van der Waals surface area contributed by atoms with Crippen molar-refractivity contribution >= 4 is 19.7 Å². The van der Waals surface area contributed by atoms with Gasteiger partial charge < -0.3 is 47.7 Å². The third kappa shape index (κ3) is 11.8. The van der Waals surface area contributed by atoms with Crippen LogP contribution in [-0.2, 0) is 31.2 Å². The number of hydrogen-bond donors (Lipinski definition) is 2. The molecule has 0 radical (unpaired) electrons. The van der Waals surface area contributed by atoms with Gasteiger partial charge in [0.2, 0.25) is 11.8 Å². The van der Waals surface area contributed by atoms with Crippen LogP contribution in [-0.4, -0.2) is 131 Å². The van der Waals surface area contributed by atoms with Gasteiger partial charge in [0.15, 0.2) is 43.0 Å².